The van der Waals surface area contributed by atoms with Crippen molar-refractivity contribution < 1.29 is 0 Å². The Bertz CT molecular complexity index is 390. The molecule has 94 valence electrons. The second-order valence-corrected chi connectivity index (χ2v) is 7.89. The van der Waals surface area contributed by atoms with E-state index < -0.39 is 0 Å². The number of hydrogen-bond acceptors (Lipinski definition) is 4. The summed E-state index contributed by atoms with van der Waals surface area (Å²) >= 11 is 7.20. The Morgan fingerprint density at radius 1 is 1.53 bits per heavy atom. The van der Waals surface area contributed by atoms with Crippen molar-refractivity contribution in [2.75, 3.05) is 13.1 Å². The van der Waals surface area contributed by atoms with Gasteiger partial charge in [0, 0.05) is 16.7 Å². The lowest BCUT2D eigenvalue weighted by atomic mass is 10.2. The molecule has 1 aromatic rings. The molecule has 5 heteroatoms. The summed E-state index contributed by atoms with van der Waals surface area (Å²) in [6, 6.07) is 4.29. The first-order valence-corrected chi connectivity index (χ1v) is 8.46. The molecule has 1 aliphatic rings. The maximum atomic E-state index is 4.53. The van der Waals surface area contributed by atoms with Gasteiger partial charge in [-0.15, -0.1) is 11.3 Å². The van der Waals surface area contributed by atoms with E-state index in [0.717, 1.165) is 24.7 Å². The van der Waals surface area contributed by atoms with Crippen LogP contribution >= 0.6 is 39.0 Å². The molecular formula is C12H17BrN2S2. The number of halogens is 1. The zero-order valence-electron chi connectivity index (χ0n) is 9.91. The van der Waals surface area contributed by atoms with Gasteiger partial charge >= 0.3 is 0 Å². The topological polar surface area (TPSA) is 24.4 Å². The van der Waals surface area contributed by atoms with E-state index in [1.54, 1.807) is 0 Å². The fourth-order valence-electron chi connectivity index (χ4n) is 1.77. The van der Waals surface area contributed by atoms with Gasteiger partial charge in [0.2, 0.25) is 0 Å². The monoisotopic (exact) mass is 332 g/mol. The largest absolute Gasteiger partial charge is 0.365 e. The first-order chi connectivity index (χ1) is 8.28. The van der Waals surface area contributed by atoms with Gasteiger partial charge in [-0.25, -0.2) is 0 Å². The highest BCUT2D eigenvalue weighted by Gasteiger charge is 2.17. The van der Waals surface area contributed by atoms with E-state index in [4.69, 9.17) is 0 Å². The molecule has 2 rings (SSSR count). The van der Waals surface area contributed by atoms with Crippen molar-refractivity contribution in [2.24, 2.45) is 4.99 Å². The fraction of sp³-hybridized carbons (Fsp3) is 0.583. The smallest absolute Gasteiger partial charge is 0.156 e. The van der Waals surface area contributed by atoms with Gasteiger partial charge in [-0.2, -0.15) is 0 Å². The Labute approximate surface area is 119 Å². The second kappa shape index (κ2) is 6.81. The lowest BCUT2D eigenvalue weighted by Crippen LogP contribution is -2.22. The summed E-state index contributed by atoms with van der Waals surface area (Å²) in [5.41, 5.74) is 0. The van der Waals surface area contributed by atoms with E-state index in [1.165, 1.54) is 21.5 Å². The molecule has 0 fully saturated rings. The van der Waals surface area contributed by atoms with E-state index in [0.29, 0.717) is 5.25 Å². The molecule has 1 aromatic heterocycles. The minimum atomic E-state index is 0.707. The van der Waals surface area contributed by atoms with Gasteiger partial charge < -0.3 is 5.32 Å². The maximum absolute atomic E-state index is 4.53. The molecule has 0 spiro atoms. The minimum absolute atomic E-state index is 0.707. The van der Waals surface area contributed by atoms with E-state index in [-0.39, 0.29) is 0 Å². The Morgan fingerprint density at radius 2 is 2.41 bits per heavy atom. The van der Waals surface area contributed by atoms with E-state index >= 15 is 0 Å². The van der Waals surface area contributed by atoms with Crippen molar-refractivity contribution in [2.45, 2.75) is 31.4 Å². The zero-order chi connectivity index (χ0) is 12.1. The summed E-state index contributed by atoms with van der Waals surface area (Å²) < 4.78 is 1.21. The zero-order valence-corrected chi connectivity index (χ0v) is 13.1. The van der Waals surface area contributed by atoms with Crippen LogP contribution in [-0.2, 0) is 6.42 Å². The van der Waals surface area contributed by atoms with E-state index in [1.807, 2.05) is 23.1 Å². The average molecular weight is 333 g/mol. The molecule has 0 amide bonds. The van der Waals surface area contributed by atoms with E-state index in [9.17, 15) is 0 Å². The molecule has 0 bridgehead atoms. The number of hydrogen-bond donors (Lipinski definition) is 1. The third-order valence-corrected chi connectivity index (χ3v) is 5.50. The number of thioether (sulfide) groups is 1. The molecule has 0 radical (unpaired) electrons. The Balaban J connectivity index is 1.66. The third-order valence-electron chi connectivity index (χ3n) is 2.60. The average Bonchev–Trinajstić information content (AvgIpc) is 2.89. The molecule has 2 heterocycles. The summed E-state index contributed by atoms with van der Waals surface area (Å²) in [4.78, 5) is 5.95. The Hall–Kier alpha value is -0.000000000000000111. The first kappa shape index (κ1) is 13.4. The van der Waals surface area contributed by atoms with Crippen molar-refractivity contribution in [1.29, 1.82) is 0 Å². The number of nitrogens with zero attached hydrogens (tertiary/aromatic N) is 1. The molecule has 0 aromatic carbocycles. The highest BCUT2D eigenvalue weighted by atomic mass is 79.9. The highest BCUT2D eigenvalue weighted by molar-refractivity contribution is 9.11. The van der Waals surface area contributed by atoms with Crippen LogP contribution in [0.4, 0.5) is 0 Å². The van der Waals surface area contributed by atoms with Crippen LogP contribution in [0, 0.1) is 0 Å². The molecule has 2 nitrogen and oxygen atoms in total. The van der Waals surface area contributed by atoms with Gasteiger partial charge in [0.15, 0.2) is 5.17 Å². The molecule has 1 unspecified atom stereocenters. The van der Waals surface area contributed by atoms with Crippen LogP contribution in [-0.4, -0.2) is 23.5 Å². The van der Waals surface area contributed by atoms with Crippen LogP contribution in [0.1, 0.15) is 24.6 Å². The molecule has 0 saturated carbocycles. The number of nitrogens with one attached hydrogen (secondary N) is 1. The Morgan fingerprint density at radius 3 is 3.12 bits per heavy atom. The van der Waals surface area contributed by atoms with Crippen molar-refractivity contribution >= 4 is 44.2 Å². The molecule has 0 aliphatic carbocycles. The summed E-state index contributed by atoms with van der Waals surface area (Å²) in [5.74, 6) is 0. The van der Waals surface area contributed by atoms with E-state index in [2.05, 4.69) is 45.3 Å². The third kappa shape index (κ3) is 4.30. The first-order valence-electron chi connectivity index (χ1n) is 5.97. The number of aliphatic imine (C=N–C) groups is 1. The van der Waals surface area contributed by atoms with Gasteiger partial charge in [-0.05, 0) is 40.9 Å². The molecule has 1 atom stereocenters. The standard InChI is InChI=1S/C12H17BrN2S2/c1-2-3-10-8-15-12(17-10)14-7-6-9-4-5-11(13)16-9/h4-5,10H,2-3,6-8H2,1H3,(H,14,15). The summed E-state index contributed by atoms with van der Waals surface area (Å²) in [5, 5.41) is 5.28. The Kier molecular flexibility index (Phi) is 5.38. The molecule has 0 saturated heterocycles. The lowest BCUT2D eigenvalue weighted by molar-refractivity contribution is 0.753. The molecule has 17 heavy (non-hydrogen) atoms. The number of amidine groups is 1. The molecule has 1 N–H and O–H groups in total. The quantitative estimate of drug-likeness (QED) is 0.883. The highest BCUT2D eigenvalue weighted by Crippen LogP contribution is 2.24. The van der Waals surface area contributed by atoms with Crippen LogP contribution < -0.4 is 5.32 Å². The van der Waals surface area contributed by atoms with Gasteiger partial charge in [-0.1, -0.05) is 25.1 Å². The van der Waals surface area contributed by atoms with Crippen molar-refractivity contribution in [3.63, 3.8) is 0 Å². The summed E-state index contributed by atoms with van der Waals surface area (Å²) in [6.45, 7) is 4.21. The molecule has 1 aliphatic heterocycles. The summed E-state index contributed by atoms with van der Waals surface area (Å²) in [7, 11) is 0. The van der Waals surface area contributed by atoms with Gasteiger partial charge in [0.05, 0.1) is 10.3 Å². The van der Waals surface area contributed by atoms with Crippen LogP contribution in [0.25, 0.3) is 0 Å². The summed E-state index contributed by atoms with van der Waals surface area (Å²) in [6.07, 6.45) is 3.61. The second-order valence-electron chi connectivity index (χ2n) is 4.06. The van der Waals surface area contributed by atoms with Crippen LogP contribution in [0.3, 0.4) is 0 Å². The van der Waals surface area contributed by atoms with Gasteiger partial charge in [-0.3, -0.25) is 4.99 Å². The lowest BCUT2D eigenvalue weighted by Gasteiger charge is -2.07. The van der Waals surface area contributed by atoms with Gasteiger partial charge in [0.1, 0.15) is 0 Å². The predicted molar refractivity (Wildman–Crippen MR) is 82.3 cm³/mol. The fourth-order valence-corrected chi connectivity index (χ4v) is 4.40. The van der Waals surface area contributed by atoms with Crippen molar-refractivity contribution in [3.05, 3.63) is 20.8 Å². The van der Waals surface area contributed by atoms with Crippen LogP contribution in [0.2, 0.25) is 0 Å². The predicted octanol–water partition coefficient (Wildman–Crippen LogP) is 3.91. The van der Waals surface area contributed by atoms with Crippen LogP contribution in [0.15, 0.2) is 20.9 Å². The minimum Gasteiger partial charge on any atom is -0.365 e. The molecular weight excluding hydrogens is 316 g/mol. The maximum Gasteiger partial charge on any atom is 0.156 e. The van der Waals surface area contributed by atoms with Gasteiger partial charge in [0.25, 0.3) is 0 Å². The van der Waals surface area contributed by atoms with Crippen LogP contribution in [0.5, 0.6) is 0 Å². The number of rotatable bonds is 5. The van der Waals surface area contributed by atoms with Crippen molar-refractivity contribution in [1.82, 2.24) is 5.32 Å². The van der Waals surface area contributed by atoms with Crippen molar-refractivity contribution in [3.8, 4) is 0 Å². The number of thiophene rings is 1. The normalized spacial score (nSPS) is 19.4. The SMILES string of the molecule is CCCC1CN=C(NCCc2ccc(Br)s2)S1.